The van der Waals surface area contributed by atoms with Gasteiger partial charge in [-0.15, -0.1) is 0 Å². The van der Waals surface area contributed by atoms with Gasteiger partial charge in [0.15, 0.2) is 5.83 Å². The van der Waals surface area contributed by atoms with Crippen molar-refractivity contribution in [3.63, 3.8) is 0 Å². The lowest BCUT2D eigenvalue weighted by atomic mass is 9.73. The van der Waals surface area contributed by atoms with E-state index in [0.717, 1.165) is 6.07 Å². The number of likely N-dealkylation sites (N-methyl/N-ethyl adjacent to an activating group) is 1. The third kappa shape index (κ3) is 6.83. The molecule has 2 aliphatic heterocycles. The molecule has 254 valence electrons. The average molecular weight is 666 g/mol. The number of aromatic nitrogens is 2. The van der Waals surface area contributed by atoms with Gasteiger partial charge in [0.1, 0.15) is 24.4 Å². The number of amides is 1. The van der Waals surface area contributed by atoms with Gasteiger partial charge >= 0.3 is 12.2 Å². The summed E-state index contributed by atoms with van der Waals surface area (Å²) < 4.78 is 92.4. The summed E-state index contributed by atoms with van der Waals surface area (Å²) in [6, 6.07) is 1.96. The molecule has 0 radical (unpaired) electrons. The molecule has 2 saturated heterocycles. The van der Waals surface area contributed by atoms with E-state index in [0.29, 0.717) is 17.1 Å². The van der Waals surface area contributed by atoms with Crippen LogP contribution < -0.4 is 15.4 Å². The number of likely N-dealkylation sites (tertiary alicyclic amines) is 1. The number of carbonyl (C=O) groups is 1. The van der Waals surface area contributed by atoms with E-state index in [9.17, 15) is 32.0 Å². The lowest BCUT2D eigenvalue weighted by Crippen LogP contribution is -2.55. The molecule has 47 heavy (non-hydrogen) atoms. The van der Waals surface area contributed by atoms with Crippen molar-refractivity contribution >= 4 is 17.4 Å². The van der Waals surface area contributed by atoms with Crippen LogP contribution in [-0.2, 0) is 23.8 Å². The van der Waals surface area contributed by atoms with Crippen LogP contribution in [0.3, 0.4) is 0 Å². The van der Waals surface area contributed by atoms with Crippen molar-refractivity contribution in [3.05, 3.63) is 52.2 Å². The lowest BCUT2D eigenvalue weighted by molar-refractivity contribution is -0.139. The number of hydrogen-bond donors (Lipinski definition) is 1. The molecule has 3 aliphatic rings. The minimum Gasteiger partial charge on any atom is -0.462 e. The Bertz CT molecular complexity index is 1600. The number of nitrogen functional groups attached to an aromatic ring is 1. The molecule has 15 heteroatoms. The van der Waals surface area contributed by atoms with Crippen molar-refractivity contribution in [2.24, 2.45) is 5.92 Å². The second-order valence-electron chi connectivity index (χ2n) is 12.7. The summed E-state index contributed by atoms with van der Waals surface area (Å²) in [5.74, 6) is -4.23. The van der Waals surface area contributed by atoms with Crippen LogP contribution in [0, 0.1) is 30.0 Å². The third-order valence-corrected chi connectivity index (χ3v) is 9.50. The summed E-state index contributed by atoms with van der Waals surface area (Å²) in [7, 11) is 1.77. The van der Waals surface area contributed by atoms with Crippen LogP contribution in [0.4, 0.5) is 37.8 Å². The quantitative estimate of drug-likeness (QED) is 0.253. The Morgan fingerprint density at radius 2 is 1.94 bits per heavy atom. The fraction of sp³-hybridized carbons (Fsp3) is 0.562. The van der Waals surface area contributed by atoms with Crippen molar-refractivity contribution in [2.75, 3.05) is 50.5 Å². The normalized spacial score (nSPS) is 25.0. The number of ether oxygens (including phenoxy) is 1. The molecule has 0 bridgehead atoms. The first-order valence-corrected chi connectivity index (χ1v) is 15.4. The number of carbonyl (C=O) groups excluding carboxylic acids is 1. The van der Waals surface area contributed by atoms with Crippen molar-refractivity contribution in [2.45, 2.75) is 69.9 Å². The Balaban J connectivity index is 1.56. The molecule has 1 aliphatic carbocycles. The highest BCUT2D eigenvalue weighted by Gasteiger charge is 2.43. The van der Waals surface area contributed by atoms with Gasteiger partial charge in [-0.1, -0.05) is 13.5 Å². The molecule has 1 amide bonds. The average Bonchev–Trinajstić information content (AvgIpc) is 3.32. The van der Waals surface area contributed by atoms with Gasteiger partial charge in [-0.2, -0.15) is 28.4 Å². The van der Waals surface area contributed by atoms with Gasteiger partial charge in [0.05, 0.1) is 35.5 Å². The van der Waals surface area contributed by atoms with Crippen LogP contribution in [0.2, 0.25) is 0 Å². The molecule has 2 aromatic rings. The number of nitrogens with zero attached hydrogens (tertiary/aromatic N) is 6. The van der Waals surface area contributed by atoms with E-state index < -0.39 is 58.9 Å². The molecule has 0 saturated carbocycles. The number of rotatable bonds is 7. The second kappa shape index (κ2) is 13.2. The summed E-state index contributed by atoms with van der Waals surface area (Å²) in [6.07, 6.45) is -5.61. The summed E-state index contributed by atoms with van der Waals surface area (Å²) >= 11 is 0. The zero-order valence-electron chi connectivity index (χ0n) is 26.4. The molecule has 2 N–H and O–H groups in total. The van der Waals surface area contributed by atoms with Gasteiger partial charge in [0, 0.05) is 43.3 Å². The van der Waals surface area contributed by atoms with Crippen LogP contribution in [-0.4, -0.2) is 83.8 Å². The number of alkyl halides is 4. The Labute approximate surface area is 269 Å². The smallest absolute Gasteiger partial charge is 0.417 e. The van der Waals surface area contributed by atoms with Gasteiger partial charge < -0.3 is 20.3 Å². The highest BCUT2D eigenvalue weighted by Crippen LogP contribution is 2.47. The van der Waals surface area contributed by atoms with Crippen LogP contribution in [0.25, 0.3) is 0 Å². The number of anilines is 2. The molecular formula is C32H37F6N7O2. The van der Waals surface area contributed by atoms with Crippen LogP contribution in [0.1, 0.15) is 53.6 Å². The Morgan fingerprint density at radius 3 is 2.55 bits per heavy atom. The van der Waals surface area contributed by atoms with Crippen LogP contribution >= 0.6 is 0 Å². The standard InChI is InChI=1S/C32H37F6N7O2/c1-16-9-23-25(12-22(16)26-27(32(36,37)38)17(2)10-24(40)28(26)35)41-31(47-15-21-11-19(34)13-43(21)4)42-29(23)44-7-8-45(30(46)18(3)33)20(14-44)5-6-39/h10,16,19-22H,3,5,7-9,11-15,40H2,1-2,4H3/t16-,19-,20+,21+,22-/m1/s1. The van der Waals surface area contributed by atoms with Gasteiger partial charge in [-0.3, -0.25) is 9.69 Å². The molecule has 3 heterocycles. The van der Waals surface area contributed by atoms with Gasteiger partial charge in [0.25, 0.3) is 5.91 Å². The van der Waals surface area contributed by atoms with E-state index >= 15 is 4.39 Å². The van der Waals surface area contributed by atoms with Crippen molar-refractivity contribution in [3.8, 4) is 12.1 Å². The summed E-state index contributed by atoms with van der Waals surface area (Å²) in [4.78, 5) is 26.6. The van der Waals surface area contributed by atoms with Crippen LogP contribution in [0.5, 0.6) is 6.01 Å². The first-order valence-electron chi connectivity index (χ1n) is 15.4. The largest absolute Gasteiger partial charge is 0.462 e. The SMILES string of the molecule is C=C(F)C(=O)N1CCN(c2nc(OC[C@@H]3C[C@@H](F)CN3C)nc3c2C[C@@H](C)[C@H](c2c(F)c(N)cc(C)c2C(F)(F)F)C3)C[C@@H]1CC#N. The fourth-order valence-corrected chi connectivity index (χ4v) is 7.16. The summed E-state index contributed by atoms with van der Waals surface area (Å²) in [5, 5.41) is 9.46. The molecule has 5 rings (SSSR count). The molecule has 2 fully saturated rings. The molecule has 9 nitrogen and oxygen atoms in total. The number of piperazine rings is 1. The number of benzene rings is 1. The minimum absolute atomic E-state index is 0.0498. The Hall–Kier alpha value is -4.06. The van der Waals surface area contributed by atoms with Gasteiger partial charge in [0.2, 0.25) is 0 Å². The van der Waals surface area contributed by atoms with E-state index in [-0.39, 0.29) is 81.8 Å². The predicted molar refractivity (Wildman–Crippen MR) is 162 cm³/mol. The maximum Gasteiger partial charge on any atom is 0.417 e. The number of hydrogen-bond acceptors (Lipinski definition) is 8. The van der Waals surface area contributed by atoms with E-state index in [1.807, 2.05) is 15.9 Å². The first kappa shape index (κ1) is 34.3. The molecule has 1 aromatic carbocycles. The minimum atomic E-state index is -4.83. The summed E-state index contributed by atoms with van der Waals surface area (Å²) in [6.45, 7) is 6.70. The van der Waals surface area contributed by atoms with Crippen molar-refractivity contribution < 1.29 is 35.9 Å². The van der Waals surface area contributed by atoms with Crippen molar-refractivity contribution in [1.29, 1.82) is 5.26 Å². The maximum atomic E-state index is 15.6. The van der Waals surface area contributed by atoms with Crippen molar-refractivity contribution in [1.82, 2.24) is 19.8 Å². The zero-order valence-corrected chi connectivity index (χ0v) is 26.4. The Kier molecular flexibility index (Phi) is 9.64. The molecule has 0 unspecified atom stereocenters. The number of nitrogens with two attached hydrogens (primary N) is 1. The van der Waals surface area contributed by atoms with Crippen LogP contribution in [0.15, 0.2) is 18.5 Å². The number of fused-ring (bicyclic) bond motifs is 1. The lowest BCUT2D eigenvalue weighted by Gasteiger charge is -2.42. The molecular weight excluding hydrogens is 628 g/mol. The number of nitriles is 1. The first-order chi connectivity index (χ1) is 22.1. The van der Waals surface area contributed by atoms with Gasteiger partial charge in [-0.05, 0) is 56.7 Å². The number of halogens is 6. The fourth-order valence-electron chi connectivity index (χ4n) is 7.16. The predicted octanol–water partition coefficient (Wildman–Crippen LogP) is 4.88. The monoisotopic (exact) mass is 665 g/mol. The second-order valence-corrected chi connectivity index (χ2v) is 12.7. The number of aryl methyl sites for hydroxylation is 1. The molecule has 0 spiro atoms. The van der Waals surface area contributed by atoms with E-state index in [4.69, 9.17) is 10.5 Å². The van der Waals surface area contributed by atoms with E-state index in [1.54, 1.807) is 14.0 Å². The summed E-state index contributed by atoms with van der Waals surface area (Å²) in [5.41, 5.74) is 4.67. The zero-order chi connectivity index (χ0) is 34.4. The highest BCUT2D eigenvalue weighted by molar-refractivity contribution is 5.91. The third-order valence-electron chi connectivity index (χ3n) is 9.50. The topological polar surface area (TPSA) is 112 Å². The molecule has 5 atom stereocenters. The van der Waals surface area contributed by atoms with Gasteiger partial charge in [-0.25, -0.2) is 13.2 Å². The van der Waals surface area contributed by atoms with E-state index in [2.05, 4.69) is 16.5 Å². The molecule has 1 aromatic heterocycles. The Morgan fingerprint density at radius 1 is 1.21 bits per heavy atom. The highest BCUT2D eigenvalue weighted by atomic mass is 19.4. The maximum absolute atomic E-state index is 15.6. The van der Waals surface area contributed by atoms with E-state index in [1.165, 1.54) is 11.8 Å².